The van der Waals surface area contributed by atoms with Gasteiger partial charge >= 0.3 is 0 Å². The molecule has 1 heterocycles. The highest BCUT2D eigenvalue weighted by Crippen LogP contribution is 2.29. The van der Waals surface area contributed by atoms with Crippen LogP contribution < -0.4 is 10.6 Å². The number of hydrogen-bond acceptors (Lipinski definition) is 5. The van der Waals surface area contributed by atoms with Gasteiger partial charge in [0.05, 0.1) is 12.1 Å². The molecule has 2 N–H and O–H groups in total. The van der Waals surface area contributed by atoms with Crippen LogP contribution in [0.1, 0.15) is 22.8 Å². The Morgan fingerprint density at radius 1 is 1.00 bits per heavy atom. The van der Waals surface area contributed by atoms with E-state index in [1.807, 2.05) is 19.1 Å². The van der Waals surface area contributed by atoms with E-state index < -0.39 is 34.3 Å². The number of fused-ring (bicyclic) bond motifs is 1. The van der Waals surface area contributed by atoms with Crippen LogP contribution in [0.25, 0.3) is 0 Å². The topological polar surface area (TPSA) is 113 Å². The first-order chi connectivity index (χ1) is 13.3. The summed E-state index contributed by atoms with van der Waals surface area (Å²) in [6.07, 6.45) is 0.734. The van der Waals surface area contributed by atoms with E-state index >= 15 is 0 Å². The second-order valence-electron chi connectivity index (χ2n) is 6.15. The van der Waals surface area contributed by atoms with E-state index in [1.165, 1.54) is 18.2 Å². The van der Waals surface area contributed by atoms with Gasteiger partial charge in [0.1, 0.15) is 11.4 Å². The SMILES string of the molecule is CCc1ccccc1NC(=O)CNC(=O)CN1C(=O)c2ccccc2S1(=O)=O. The average molecular weight is 401 g/mol. The zero-order valence-corrected chi connectivity index (χ0v) is 16.0. The molecule has 0 fully saturated rings. The van der Waals surface area contributed by atoms with Crippen molar-refractivity contribution in [2.24, 2.45) is 0 Å². The van der Waals surface area contributed by atoms with Gasteiger partial charge in [-0.25, -0.2) is 12.7 Å². The lowest BCUT2D eigenvalue weighted by atomic mass is 10.1. The number of carbonyl (C=O) groups is 3. The van der Waals surface area contributed by atoms with Gasteiger partial charge in [-0.05, 0) is 30.2 Å². The molecule has 9 heteroatoms. The fourth-order valence-electron chi connectivity index (χ4n) is 2.90. The van der Waals surface area contributed by atoms with E-state index in [0.29, 0.717) is 9.99 Å². The predicted molar refractivity (Wildman–Crippen MR) is 102 cm³/mol. The van der Waals surface area contributed by atoms with Gasteiger partial charge in [0, 0.05) is 5.69 Å². The van der Waals surface area contributed by atoms with Crippen LogP contribution >= 0.6 is 0 Å². The van der Waals surface area contributed by atoms with E-state index in [2.05, 4.69) is 10.6 Å². The summed E-state index contributed by atoms with van der Waals surface area (Å²) < 4.78 is 25.4. The van der Waals surface area contributed by atoms with Gasteiger partial charge in [0.15, 0.2) is 0 Å². The molecule has 0 saturated heterocycles. The molecule has 0 atom stereocenters. The number of amides is 3. The van der Waals surface area contributed by atoms with Crippen molar-refractivity contribution in [1.29, 1.82) is 0 Å². The number of nitrogens with one attached hydrogen (secondary N) is 2. The summed E-state index contributed by atoms with van der Waals surface area (Å²) in [7, 11) is -4.06. The molecule has 0 radical (unpaired) electrons. The highest BCUT2D eigenvalue weighted by Gasteiger charge is 2.41. The number of para-hydroxylation sites is 1. The fraction of sp³-hybridized carbons (Fsp3) is 0.211. The molecule has 2 aromatic rings. The van der Waals surface area contributed by atoms with Crippen LogP contribution in [0.2, 0.25) is 0 Å². The van der Waals surface area contributed by atoms with Gasteiger partial charge in [-0.2, -0.15) is 0 Å². The van der Waals surface area contributed by atoms with Crippen molar-refractivity contribution >= 4 is 33.4 Å². The first kappa shape index (κ1) is 19.6. The molecule has 1 aliphatic rings. The third-order valence-corrected chi connectivity index (χ3v) is 6.10. The standard InChI is InChI=1S/C19H19N3O5S/c1-2-13-7-3-5-9-15(13)21-17(23)11-20-18(24)12-22-19(25)14-8-4-6-10-16(14)28(22,26)27/h3-10H,2,11-12H2,1H3,(H,20,24)(H,21,23). The normalized spacial score (nSPS) is 14.5. The number of benzene rings is 2. The van der Waals surface area contributed by atoms with Gasteiger partial charge in [-0.1, -0.05) is 37.3 Å². The second kappa shape index (κ2) is 7.81. The summed E-state index contributed by atoms with van der Waals surface area (Å²) in [5, 5.41) is 5.04. The molecule has 3 rings (SSSR count). The zero-order valence-electron chi connectivity index (χ0n) is 15.1. The first-order valence-electron chi connectivity index (χ1n) is 8.65. The van der Waals surface area contributed by atoms with E-state index in [9.17, 15) is 22.8 Å². The molecule has 1 aliphatic heterocycles. The molecule has 3 amide bonds. The number of rotatable bonds is 6. The van der Waals surface area contributed by atoms with Crippen molar-refractivity contribution < 1.29 is 22.8 Å². The minimum absolute atomic E-state index is 0.0317. The van der Waals surface area contributed by atoms with Crippen LogP contribution in [-0.2, 0) is 26.0 Å². The molecule has 0 spiro atoms. The number of anilines is 1. The van der Waals surface area contributed by atoms with Crippen molar-refractivity contribution in [3.63, 3.8) is 0 Å². The zero-order chi connectivity index (χ0) is 20.3. The van der Waals surface area contributed by atoms with E-state index in [0.717, 1.165) is 12.0 Å². The Morgan fingerprint density at radius 2 is 1.68 bits per heavy atom. The molecule has 0 saturated carbocycles. The fourth-order valence-corrected chi connectivity index (χ4v) is 4.42. The molecule has 0 aliphatic carbocycles. The number of sulfonamides is 1. The number of hydrogen-bond donors (Lipinski definition) is 2. The second-order valence-corrected chi connectivity index (χ2v) is 7.98. The van der Waals surface area contributed by atoms with E-state index in [4.69, 9.17) is 0 Å². The smallest absolute Gasteiger partial charge is 0.269 e. The molecule has 0 aromatic heterocycles. The lowest BCUT2D eigenvalue weighted by Crippen LogP contribution is -2.42. The Hall–Kier alpha value is -3.20. The average Bonchev–Trinajstić information content (AvgIpc) is 2.88. The van der Waals surface area contributed by atoms with Gasteiger partial charge in [-0.3, -0.25) is 14.4 Å². The van der Waals surface area contributed by atoms with Crippen LogP contribution in [0.5, 0.6) is 0 Å². The Kier molecular flexibility index (Phi) is 5.46. The summed E-state index contributed by atoms with van der Waals surface area (Å²) in [6, 6.07) is 13.1. The van der Waals surface area contributed by atoms with Crippen molar-refractivity contribution in [1.82, 2.24) is 9.62 Å². The molecule has 0 unspecified atom stereocenters. The minimum atomic E-state index is -4.06. The van der Waals surface area contributed by atoms with Crippen molar-refractivity contribution in [3.8, 4) is 0 Å². The lowest BCUT2D eigenvalue weighted by Gasteiger charge is -2.15. The Balaban J connectivity index is 1.59. The molecular weight excluding hydrogens is 382 g/mol. The van der Waals surface area contributed by atoms with Crippen LogP contribution in [0.3, 0.4) is 0 Å². The lowest BCUT2D eigenvalue weighted by molar-refractivity contribution is -0.124. The summed E-state index contributed by atoms with van der Waals surface area (Å²) in [6.45, 7) is 0.929. The van der Waals surface area contributed by atoms with Crippen LogP contribution in [0.15, 0.2) is 53.4 Å². The predicted octanol–water partition coefficient (Wildman–Crippen LogP) is 1.15. The van der Waals surface area contributed by atoms with E-state index in [1.54, 1.807) is 18.2 Å². The van der Waals surface area contributed by atoms with Crippen molar-refractivity contribution in [2.75, 3.05) is 18.4 Å². The molecule has 28 heavy (non-hydrogen) atoms. The Morgan fingerprint density at radius 3 is 2.39 bits per heavy atom. The summed E-state index contributed by atoms with van der Waals surface area (Å²) in [5.41, 5.74) is 1.63. The number of aryl methyl sites for hydroxylation is 1. The highest BCUT2D eigenvalue weighted by molar-refractivity contribution is 7.90. The van der Waals surface area contributed by atoms with Gasteiger partial charge in [-0.15, -0.1) is 0 Å². The van der Waals surface area contributed by atoms with Gasteiger partial charge in [0.25, 0.3) is 15.9 Å². The quantitative estimate of drug-likeness (QED) is 0.754. The Labute approximate surface area is 162 Å². The molecular formula is C19H19N3O5S. The first-order valence-corrected chi connectivity index (χ1v) is 10.1. The number of carbonyl (C=O) groups excluding carboxylic acids is 3. The largest absolute Gasteiger partial charge is 0.345 e. The van der Waals surface area contributed by atoms with Crippen molar-refractivity contribution in [2.45, 2.75) is 18.2 Å². The monoisotopic (exact) mass is 401 g/mol. The highest BCUT2D eigenvalue weighted by atomic mass is 32.2. The van der Waals surface area contributed by atoms with Crippen LogP contribution in [0, 0.1) is 0 Å². The molecule has 0 bridgehead atoms. The summed E-state index contributed by atoms with van der Waals surface area (Å²) in [4.78, 5) is 36.3. The van der Waals surface area contributed by atoms with Crippen LogP contribution in [-0.4, -0.2) is 43.5 Å². The van der Waals surface area contributed by atoms with Crippen LogP contribution in [0.4, 0.5) is 5.69 Å². The number of nitrogens with zero attached hydrogens (tertiary/aromatic N) is 1. The third-order valence-electron chi connectivity index (χ3n) is 4.32. The van der Waals surface area contributed by atoms with E-state index in [-0.39, 0.29) is 17.0 Å². The summed E-state index contributed by atoms with van der Waals surface area (Å²) in [5.74, 6) is -1.95. The Bertz CT molecular complexity index is 1050. The molecule has 8 nitrogen and oxygen atoms in total. The molecule has 2 aromatic carbocycles. The summed E-state index contributed by atoms with van der Waals surface area (Å²) >= 11 is 0. The maximum absolute atomic E-state index is 12.4. The third kappa shape index (κ3) is 3.74. The maximum Gasteiger partial charge on any atom is 0.269 e. The van der Waals surface area contributed by atoms with Gasteiger partial charge in [0.2, 0.25) is 11.8 Å². The van der Waals surface area contributed by atoms with Gasteiger partial charge < -0.3 is 10.6 Å². The van der Waals surface area contributed by atoms with Crippen molar-refractivity contribution in [3.05, 3.63) is 59.7 Å². The maximum atomic E-state index is 12.4. The molecule has 146 valence electrons. The minimum Gasteiger partial charge on any atom is -0.345 e.